The van der Waals surface area contributed by atoms with Gasteiger partial charge in [0, 0.05) is 6.42 Å². The molecule has 1 unspecified atom stereocenters. The predicted molar refractivity (Wildman–Crippen MR) is 70.4 cm³/mol. The van der Waals surface area contributed by atoms with Crippen molar-refractivity contribution in [3.05, 3.63) is 29.8 Å². The van der Waals surface area contributed by atoms with Gasteiger partial charge in [0.25, 0.3) is 0 Å². The van der Waals surface area contributed by atoms with E-state index in [9.17, 15) is 4.79 Å². The highest BCUT2D eigenvalue weighted by atomic mass is 16.5. The number of benzene rings is 1. The van der Waals surface area contributed by atoms with Gasteiger partial charge < -0.3 is 4.74 Å². The molecule has 0 heterocycles. The molecule has 2 heteroatoms. The van der Waals surface area contributed by atoms with Gasteiger partial charge in [-0.3, -0.25) is 4.79 Å². The van der Waals surface area contributed by atoms with Crippen molar-refractivity contribution >= 4 is 5.78 Å². The number of carbonyl (C=O) groups excluding carboxylic acids is 1. The molecule has 1 rings (SSSR count). The van der Waals surface area contributed by atoms with Gasteiger partial charge in [0.15, 0.2) is 0 Å². The van der Waals surface area contributed by atoms with E-state index in [4.69, 9.17) is 4.74 Å². The van der Waals surface area contributed by atoms with E-state index in [1.807, 2.05) is 24.3 Å². The summed E-state index contributed by atoms with van der Waals surface area (Å²) >= 11 is 0. The van der Waals surface area contributed by atoms with Gasteiger partial charge >= 0.3 is 0 Å². The first-order valence-corrected chi connectivity index (χ1v) is 6.33. The highest BCUT2D eigenvalue weighted by molar-refractivity contribution is 5.78. The summed E-state index contributed by atoms with van der Waals surface area (Å²) in [6, 6.07) is 7.80. The third-order valence-corrected chi connectivity index (χ3v) is 2.69. The molecule has 0 radical (unpaired) electrons. The second-order valence-corrected chi connectivity index (χ2v) is 4.73. The monoisotopic (exact) mass is 234 g/mol. The Kier molecular flexibility index (Phi) is 5.75. The van der Waals surface area contributed by atoms with Crippen molar-refractivity contribution < 1.29 is 9.53 Å². The Morgan fingerprint density at radius 1 is 1.29 bits per heavy atom. The number of ether oxygens (including phenoxy) is 1. The number of Topliss-reactive ketones (excluding diaryl/α,β-unsaturated/α-hetero) is 1. The maximum Gasteiger partial charge on any atom is 0.134 e. The molecule has 1 aromatic carbocycles. The van der Waals surface area contributed by atoms with Crippen LogP contribution in [-0.2, 0) is 11.2 Å². The molecule has 94 valence electrons. The summed E-state index contributed by atoms with van der Waals surface area (Å²) in [4.78, 5) is 11.0. The van der Waals surface area contributed by atoms with Crippen molar-refractivity contribution in [3.8, 4) is 5.75 Å². The molecular weight excluding hydrogens is 212 g/mol. The fourth-order valence-corrected chi connectivity index (χ4v) is 1.81. The average Bonchev–Trinajstić information content (AvgIpc) is 2.28. The Morgan fingerprint density at radius 3 is 2.47 bits per heavy atom. The lowest BCUT2D eigenvalue weighted by Gasteiger charge is -2.12. The first-order chi connectivity index (χ1) is 8.11. The fraction of sp³-hybridized carbons (Fsp3) is 0.533. The number of hydrogen-bond donors (Lipinski definition) is 0. The first kappa shape index (κ1) is 13.8. The lowest BCUT2D eigenvalue weighted by atomic mass is 10.1. The van der Waals surface area contributed by atoms with Crippen molar-refractivity contribution in [1.82, 2.24) is 0 Å². The molecule has 0 fully saturated rings. The molecule has 1 aromatic rings. The number of rotatable bonds is 7. The van der Waals surface area contributed by atoms with Gasteiger partial charge in [-0.05, 0) is 37.0 Å². The van der Waals surface area contributed by atoms with Gasteiger partial charge in [-0.15, -0.1) is 0 Å². The van der Waals surface area contributed by atoms with Crippen LogP contribution in [0.4, 0.5) is 0 Å². The Hall–Kier alpha value is -1.31. The van der Waals surface area contributed by atoms with Crippen molar-refractivity contribution in [3.63, 3.8) is 0 Å². The number of carbonyl (C=O) groups is 1. The second-order valence-electron chi connectivity index (χ2n) is 4.73. The minimum atomic E-state index is 0.190. The van der Waals surface area contributed by atoms with Gasteiger partial charge in [0.2, 0.25) is 0 Å². The molecule has 0 aliphatic heterocycles. The summed E-state index contributed by atoms with van der Waals surface area (Å²) in [5, 5.41) is 0. The zero-order chi connectivity index (χ0) is 12.7. The zero-order valence-corrected chi connectivity index (χ0v) is 11.0. The van der Waals surface area contributed by atoms with E-state index in [1.165, 1.54) is 12.8 Å². The third-order valence-electron chi connectivity index (χ3n) is 2.69. The molecule has 1 atom stereocenters. The maximum atomic E-state index is 11.0. The van der Waals surface area contributed by atoms with E-state index in [2.05, 4.69) is 13.8 Å². The van der Waals surface area contributed by atoms with E-state index in [1.54, 1.807) is 6.92 Å². The molecule has 17 heavy (non-hydrogen) atoms. The van der Waals surface area contributed by atoms with Crippen LogP contribution in [0.2, 0.25) is 0 Å². The molecular formula is C15H22O2. The molecule has 0 aromatic heterocycles. The SMILES string of the molecule is CCCC(C)COc1ccc(CC(C)=O)cc1. The highest BCUT2D eigenvalue weighted by Gasteiger charge is 2.02. The predicted octanol–water partition coefficient (Wildman–Crippen LogP) is 3.63. The van der Waals surface area contributed by atoms with Crippen LogP contribution in [0.1, 0.15) is 39.2 Å². The Balaban J connectivity index is 2.42. The molecule has 0 spiro atoms. The van der Waals surface area contributed by atoms with Crippen LogP contribution in [0.5, 0.6) is 5.75 Å². The van der Waals surface area contributed by atoms with E-state index >= 15 is 0 Å². The number of hydrogen-bond acceptors (Lipinski definition) is 2. The Bertz CT molecular complexity index is 340. The topological polar surface area (TPSA) is 26.3 Å². The summed E-state index contributed by atoms with van der Waals surface area (Å²) < 4.78 is 5.70. The highest BCUT2D eigenvalue weighted by Crippen LogP contribution is 2.15. The van der Waals surface area contributed by atoms with Crippen LogP contribution in [-0.4, -0.2) is 12.4 Å². The van der Waals surface area contributed by atoms with Crippen LogP contribution in [0, 0.1) is 5.92 Å². The van der Waals surface area contributed by atoms with Gasteiger partial charge in [-0.2, -0.15) is 0 Å². The van der Waals surface area contributed by atoms with E-state index in [0.29, 0.717) is 12.3 Å². The van der Waals surface area contributed by atoms with Crippen LogP contribution in [0.15, 0.2) is 24.3 Å². The minimum Gasteiger partial charge on any atom is -0.493 e. The normalized spacial score (nSPS) is 12.2. The summed E-state index contributed by atoms with van der Waals surface area (Å²) in [5.74, 6) is 1.67. The summed E-state index contributed by atoms with van der Waals surface area (Å²) in [6.07, 6.45) is 2.90. The van der Waals surface area contributed by atoms with Crippen LogP contribution in [0.25, 0.3) is 0 Å². The Morgan fingerprint density at radius 2 is 1.94 bits per heavy atom. The average molecular weight is 234 g/mol. The molecule has 0 N–H and O–H groups in total. The maximum absolute atomic E-state index is 11.0. The largest absolute Gasteiger partial charge is 0.493 e. The lowest BCUT2D eigenvalue weighted by Crippen LogP contribution is -2.08. The van der Waals surface area contributed by atoms with Gasteiger partial charge in [0.05, 0.1) is 6.61 Å². The quantitative estimate of drug-likeness (QED) is 0.720. The lowest BCUT2D eigenvalue weighted by molar-refractivity contribution is -0.116. The van der Waals surface area contributed by atoms with Crippen molar-refractivity contribution in [1.29, 1.82) is 0 Å². The van der Waals surface area contributed by atoms with E-state index in [0.717, 1.165) is 17.9 Å². The molecule has 0 bridgehead atoms. The summed E-state index contributed by atoms with van der Waals surface area (Å²) in [5.41, 5.74) is 1.05. The Labute approximate surface area is 104 Å². The molecule has 0 amide bonds. The number of ketones is 1. The van der Waals surface area contributed by atoms with Gasteiger partial charge in [-0.25, -0.2) is 0 Å². The molecule has 0 saturated heterocycles. The van der Waals surface area contributed by atoms with E-state index < -0.39 is 0 Å². The van der Waals surface area contributed by atoms with Crippen LogP contribution >= 0.6 is 0 Å². The van der Waals surface area contributed by atoms with E-state index in [-0.39, 0.29) is 5.78 Å². The molecule has 0 aliphatic rings. The fourth-order valence-electron chi connectivity index (χ4n) is 1.81. The first-order valence-electron chi connectivity index (χ1n) is 6.33. The van der Waals surface area contributed by atoms with Crippen molar-refractivity contribution in [2.45, 2.75) is 40.0 Å². The molecule has 2 nitrogen and oxygen atoms in total. The summed E-state index contributed by atoms with van der Waals surface area (Å²) in [7, 11) is 0. The molecule has 0 aliphatic carbocycles. The van der Waals surface area contributed by atoms with Gasteiger partial charge in [-0.1, -0.05) is 32.4 Å². The second kappa shape index (κ2) is 7.10. The van der Waals surface area contributed by atoms with Crippen LogP contribution in [0.3, 0.4) is 0 Å². The summed E-state index contributed by atoms with van der Waals surface area (Å²) in [6.45, 7) is 6.76. The van der Waals surface area contributed by atoms with Gasteiger partial charge in [0.1, 0.15) is 11.5 Å². The van der Waals surface area contributed by atoms with Crippen molar-refractivity contribution in [2.75, 3.05) is 6.61 Å². The third kappa shape index (κ3) is 5.53. The minimum absolute atomic E-state index is 0.190. The zero-order valence-electron chi connectivity index (χ0n) is 11.0. The molecule has 0 saturated carbocycles. The van der Waals surface area contributed by atoms with Crippen molar-refractivity contribution in [2.24, 2.45) is 5.92 Å². The standard InChI is InChI=1S/C15H22O2/c1-4-5-12(2)11-17-15-8-6-14(7-9-15)10-13(3)16/h6-9,12H,4-5,10-11H2,1-3H3. The van der Waals surface area contributed by atoms with Crippen LogP contribution < -0.4 is 4.74 Å². The smallest absolute Gasteiger partial charge is 0.134 e.